The van der Waals surface area contributed by atoms with Crippen LogP contribution in [0.2, 0.25) is 0 Å². The summed E-state index contributed by atoms with van der Waals surface area (Å²) in [5.74, 6) is 0.453. The molecule has 2 aromatic carbocycles. The number of hydrogen-bond acceptors (Lipinski definition) is 4. The molecule has 1 atom stereocenters. The predicted octanol–water partition coefficient (Wildman–Crippen LogP) is 2.90. The summed E-state index contributed by atoms with van der Waals surface area (Å²) in [6, 6.07) is 14.5. The highest BCUT2D eigenvalue weighted by molar-refractivity contribution is 6.07. The Bertz CT molecular complexity index is 992. The molecule has 0 saturated heterocycles. The highest BCUT2D eigenvalue weighted by atomic mass is 16.5. The van der Waals surface area contributed by atoms with Crippen LogP contribution in [0.15, 0.2) is 48.5 Å². The van der Waals surface area contributed by atoms with E-state index in [-0.39, 0.29) is 18.1 Å². The van der Waals surface area contributed by atoms with E-state index in [0.717, 1.165) is 28.6 Å². The Kier molecular flexibility index (Phi) is 4.64. The minimum Gasteiger partial charge on any atom is -0.497 e. The number of anilines is 1. The molecule has 1 aliphatic heterocycles. The second kappa shape index (κ2) is 7.25. The van der Waals surface area contributed by atoms with Gasteiger partial charge in [-0.05, 0) is 48.9 Å². The zero-order chi connectivity index (χ0) is 18.8. The summed E-state index contributed by atoms with van der Waals surface area (Å²) >= 11 is 0. The van der Waals surface area contributed by atoms with Crippen molar-refractivity contribution in [2.75, 3.05) is 19.0 Å². The number of para-hydroxylation sites is 1. The van der Waals surface area contributed by atoms with Crippen LogP contribution in [0.5, 0.6) is 5.75 Å². The standard InChI is InChI=1S/C21H21N3O3/c1-27-14-8-6-13(7-9-14)23-19(25)12-18-21(26)20-16(10-11-22-18)15-4-2-3-5-17(15)24-20/h2-9,18,22,24H,10-12H2,1H3,(H,23,25)/t18-/m1/s1. The second-order valence-electron chi connectivity index (χ2n) is 6.63. The molecule has 3 aromatic rings. The second-order valence-corrected chi connectivity index (χ2v) is 6.63. The van der Waals surface area contributed by atoms with E-state index in [1.54, 1.807) is 31.4 Å². The van der Waals surface area contributed by atoms with Gasteiger partial charge in [0.25, 0.3) is 0 Å². The molecule has 2 heterocycles. The van der Waals surface area contributed by atoms with Gasteiger partial charge in [-0.3, -0.25) is 9.59 Å². The van der Waals surface area contributed by atoms with Crippen LogP contribution in [0, 0.1) is 0 Å². The lowest BCUT2D eigenvalue weighted by atomic mass is 10.0. The number of benzene rings is 2. The molecule has 0 aliphatic carbocycles. The van der Waals surface area contributed by atoms with Gasteiger partial charge >= 0.3 is 0 Å². The largest absolute Gasteiger partial charge is 0.497 e. The molecular formula is C21H21N3O3. The van der Waals surface area contributed by atoms with Gasteiger partial charge in [-0.2, -0.15) is 0 Å². The van der Waals surface area contributed by atoms with Crippen molar-refractivity contribution in [2.24, 2.45) is 0 Å². The Morgan fingerprint density at radius 3 is 2.74 bits per heavy atom. The van der Waals surface area contributed by atoms with Gasteiger partial charge in [-0.15, -0.1) is 0 Å². The van der Waals surface area contributed by atoms with Crippen molar-refractivity contribution in [1.82, 2.24) is 10.3 Å². The molecule has 3 N–H and O–H groups in total. The van der Waals surface area contributed by atoms with E-state index in [9.17, 15) is 9.59 Å². The fourth-order valence-corrected chi connectivity index (χ4v) is 3.54. The van der Waals surface area contributed by atoms with Crippen LogP contribution in [0.4, 0.5) is 5.69 Å². The molecule has 138 valence electrons. The van der Waals surface area contributed by atoms with Gasteiger partial charge in [0.1, 0.15) is 5.75 Å². The van der Waals surface area contributed by atoms with E-state index in [1.807, 2.05) is 24.3 Å². The summed E-state index contributed by atoms with van der Waals surface area (Å²) in [4.78, 5) is 28.7. The smallest absolute Gasteiger partial charge is 0.226 e. The van der Waals surface area contributed by atoms with E-state index in [1.165, 1.54) is 0 Å². The minimum absolute atomic E-state index is 0.0661. The van der Waals surface area contributed by atoms with Gasteiger partial charge in [0.2, 0.25) is 5.91 Å². The summed E-state index contributed by atoms with van der Waals surface area (Å²) in [6.07, 6.45) is 0.835. The summed E-state index contributed by atoms with van der Waals surface area (Å²) < 4.78 is 5.11. The fraction of sp³-hybridized carbons (Fsp3) is 0.238. The van der Waals surface area contributed by atoms with E-state index < -0.39 is 6.04 Å². The topological polar surface area (TPSA) is 83.2 Å². The Morgan fingerprint density at radius 2 is 1.96 bits per heavy atom. The van der Waals surface area contributed by atoms with Gasteiger partial charge in [0, 0.05) is 23.0 Å². The summed E-state index contributed by atoms with van der Waals surface area (Å²) in [5.41, 5.74) is 3.27. The first-order valence-corrected chi connectivity index (χ1v) is 8.97. The summed E-state index contributed by atoms with van der Waals surface area (Å²) in [7, 11) is 1.59. The van der Waals surface area contributed by atoms with Crippen molar-refractivity contribution in [3.63, 3.8) is 0 Å². The number of rotatable bonds is 4. The van der Waals surface area contributed by atoms with Crippen molar-refractivity contribution in [2.45, 2.75) is 18.9 Å². The van der Waals surface area contributed by atoms with Gasteiger partial charge in [0.15, 0.2) is 5.78 Å². The van der Waals surface area contributed by atoms with Crippen LogP contribution in [0.1, 0.15) is 22.5 Å². The number of hydrogen-bond donors (Lipinski definition) is 3. The average molecular weight is 363 g/mol. The molecule has 27 heavy (non-hydrogen) atoms. The molecule has 0 radical (unpaired) electrons. The van der Waals surface area contributed by atoms with Crippen LogP contribution in [0.25, 0.3) is 10.9 Å². The molecule has 0 unspecified atom stereocenters. The molecule has 0 fully saturated rings. The number of amides is 1. The van der Waals surface area contributed by atoms with Crippen LogP contribution >= 0.6 is 0 Å². The number of aromatic amines is 1. The Morgan fingerprint density at radius 1 is 1.19 bits per heavy atom. The maximum absolute atomic E-state index is 13.0. The lowest BCUT2D eigenvalue weighted by Crippen LogP contribution is -2.39. The number of fused-ring (bicyclic) bond motifs is 3. The van der Waals surface area contributed by atoms with Crippen molar-refractivity contribution in [1.29, 1.82) is 0 Å². The monoisotopic (exact) mass is 363 g/mol. The normalized spacial score (nSPS) is 16.6. The number of carbonyl (C=O) groups is 2. The quantitative estimate of drug-likeness (QED) is 0.666. The molecule has 1 amide bonds. The van der Waals surface area contributed by atoms with Crippen molar-refractivity contribution < 1.29 is 14.3 Å². The van der Waals surface area contributed by atoms with E-state index >= 15 is 0 Å². The number of ketones is 1. The maximum atomic E-state index is 13.0. The van der Waals surface area contributed by atoms with Gasteiger partial charge in [0.05, 0.1) is 18.8 Å². The molecule has 4 rings (SSSR count). The first kappa shape index (κ1) is 17.3. The zero-order valence-electron chi connectivity index (χ0n) is 15.0. The molecule has 6 heteroatoms. The molecule has 0 spiro atoms. The first-order valence-electron chi connectivity index (χ1n) is 8.97. The predicted molar refractivity (Wildman–Crippen MR) is 104 cm³/mol. The highest BCUT2D eigenvalue weighted by Crippen LogP contribution is 2.26. The SMILES string of the molecule is COc1ccc(NC(=O)C[C@H]2NCCc3c([nH]c4ccccc34)C2=O)cc1. The zero-order valence-corrected chi connectivity index (χ0v) is 15.0. The van der Waals surface area contributed by atoms with E-state index in [0.29, 0.717) is 17.9 Å². The van der Waals surface area contributed by atoms with Crippen molar-refractivity contribution in [3.05, 3.63) is 59.8 Å². The Balaban J connectivity index is 1.50. The Labute approximate surface area is 156 Å². The molecule has 1 aliphatic rings. The molecule has 1 aromatic heterocycles. The lowest BCUT2D eigenvalue weighted by Gasteiger charge is -2.14. The number of ether oxygens (including phenoxy) is 1. The van der Waals surface area contributed by atoms with Gasteiger partial charge in [-0.25, -0.2) is 0 Å². The third-order valence-electron chi connectivity index (χ3n) is 4.91. The molecule has 0 bridgehead atoms. The summed E-state index contributed by atoms with van der Waals surface area (Å²) in [5, 5.41) is 7.12. The summed E-state index contributed by atoms with van der Waals surface area (Å²) in [6.45, 7) is 0.654. The minimum atomic E-state index is -0.544. The van der Waals surface area contributed by atoms with E-state index in [2.05, 4.69) is 15.6 Å². The van der Waals surface area contributed by atoms with E-state index in [4.69, 9.17) is 4.74 Å². The van der Waals surface area contributed by atoms with Gasteiger partial charge < -0.3 is 20.4 Å². The third kappa shape index (κ3) is 3.44. The number of methoxy groups -OCH3 is 1. The number of carbonyl (C=O) groups excluding carboxylic acids is 2. The lowest BCUT2D eigenvalue weighted by molar-refractivity contribution is -0.116. The number of H-pyrrole nitrogens is 1. The van der Waals surface area contributed by atoms with Gasteiger partial charge in [-0.1, -0.05) is 18.2 Å². The fourth-order valence-electron chi connectivity index (χ4n) is 3.54. The third-order valence-corrected chi connectivity index (χ3v) is 4.91. The van der Waals surface area contributed by atoms with Crippen LogP contribution < -0.4 is 15.4 Å². The number of aromatic nitrogens is 1. The average Bonchev–Trinajstić information content (AvgIpc) is 2.99. The van der Waals surface area contributed by atoms with Crippen molar-refractivity contribution in [3.8, 4) is 5.75 Å². The first-order chi connectivity index (χ1) is 13.2. The molecular weight excluding hydrogens is 342 g/mol. The van der Waals surface area contributed by atoms with Crippen LogP contribution in [-0.4, -0.2) is 36.4 Å². The van der Waals surface area contributed by atoms with Crippen molar-refractivity contribution >= 4 is 28.3 Å². The van der Waals surface area contributed by atoms with Crippen LogP contribution in [-0.2, 0) is 11.2 Å². The maximum Gasteiger partial charge on any atom is 0.226 e. The molecule has 0 saturated carbocycles. The number of Topliss-reactive ketones (excluding diaryl/α,β-unsaturated/α-hetero) is 1. The highest BCUT2D eigenvalue weighted by Gasteiger charge is 2.29. The van der Waals surface area contributed by atoms with Crippen LogP contribution in [0.3, 0.4) is 0 Å². The molecule has 6 nitrogen and oxygen atoms in total. The Hall–Kier alpha value is -3.12. The number of nitrogens with one attached hydrogen (secondary N) is 3.